The monoisotopic (exact) mass is 280 g/mol. The van der Waals surface area contributed by atoms with Gasteiger partial charge in [0.15, 0.2) is 5.12 Å². The number of ether oxygens (including phenoxy) is 1. The number of hydrogen-bond acceptors (Lipinski definition) is 4. The number of rotatable bonds is 3. The van der Waals surface area contributed by atoms with Gasteiger partial charge < -0.3 is 9.84 Å². The molecule has 1 N–H and O–H groups in total. The maximum absolute atomic E-state index is 10.9. The molecular formula is C15H20O3S. The molecule has 0 spiro atoms. The van der Waals surface area contributed by atoms with E-state index in [0.717, 1.165) is 46.6 Å². The van der Waals surface area contributed by atoms with E-state index in [1.54, 1.807) is 6.92 Å². The van der Waals surface area contributed by atoms with Crippen LogP contribution in [0.1, 0.15) is 35.6 Å². The van der Waals surface area contributed by atoms with Gasteiger partial charge in [-0.2, -0.15) is 0 Å². The molecule has 1 aliphatic rings. The van der Waals surface area contributed by atoms with E-state index in [-0.39, 0.29) is 11.2 Å². The van der Waals surface area contributed by atoms with E-state index < -0.39 is 0 Å². The van der Waals surface area contributed by atoms with E-state index in [2.05, 4.69) is 0 Å². The summed E-state index contributed by atoms with van der Waals surface area (Å²) in [5.74, 6) is 2.11. The molecule has 0 fully saturated rings. The lowest BCUT2D eigenvalue weighted by atomic mass is 9.96. The fraction of sp³-hybridized carbons (Fsp3) is 0.533. The Balaban J connectivity index is 2.14. The topological polar surface area (TPSA) is 46.5 Å². The molecular weight excluding hydrogens is 260 g/mol. The van der Waals surface area contributed by atoms with Crippen LogP contribution in [0.5, 0.6) is 11.5 Å². The Hall–Kier alpha value is -1.16. The molecule has 0 saturated heterocycles. The molecule has 0 amide bonds. The van der Waals surface area contributed by atoms with Crippen molar-refractivity contribution in [2.24, 2.45) is 0 Å². The van der Waals surface area contributed by atoms with Gasteiger partial charge in [0.25, 0.3) is 0 Å². The number of carbonyl (C=O) groups excluding carboxylic acids is 1. The molecule has 0 bridgehead atoms. The lowest BCUT2D eigenvalue weighted by Crippen LogP contribution is -2.14. The zero-order valence-corrected chi connectivity index (χ0v) is 12.7. The number of hydrogen-bond donors (Lipinski definition) is 1. The summed E-state index contributed by atoms with van der Waals surface area (Å²) in [7, 11) is 0. The number of fused-ring (bicyclic) bond motifs is 1. The first-order valence-electron chi connectivity index (χ1n) is 6.53. The molecule has 0 aromatic heterocycles. The highest BCUT2D eigenvalue weighted by Crippen LogP contribution is 2.42. The second kappa shape index (κ2) is 5.45. The fourth-order valence-corrected chi connectivity index (χ4v) is 3.17. The summed E-state index contributed by atoms with van der Waals surface area (Å²) in [6.07, 6.45) is 1.81. The van der Waals surface area contributed by atoms with Crippen LogP contribution in [0.4, 0.5) is 0 Å². The Bertz CT molecular complexity index is 486. The normalized spacial score (nSPS) is 17.2. The van der Waals surface area contributed by atoms with E-state index in [0.29, 0.717) is 5.75 Å². The van der Waals surface area contributed by atoms with Gasteiger partial charge in [-0.05, 0) is 43.9 Å². The molecule has 1 atom stereocenters. The maximum Gasteiger partial charge on any atom is 0.185 e. The number of phenols is 1. The molecule has 1 aromatic rings. The average Bonchev–Trinajstić information content (AvgIpc) is 2.77. The zero-order chi connectivity index (χ0) is 14.2. The van der Waals surface area contributed by atoms with Crippen LogP contribution in [0.3, 0.4) is 0 Å². The minimum absolute atomic E-state index is 0.125. The zero-order valence-electron chi connectivity index (χ0n) is 11.9. The molecule has 1 heterocycles. The Kier molecular flexibility index (Phi) is 4.09. The highest BCUT2D eigenvalue weighted by molar-refractivity contribution is 8.13. The summed E-state index contributed by atoms with van der Waals surface area (Å²) in [6, 6.07) is 0. The predicted octanol–water partition coefficient (Wildman–Crippen LogP) is 3.29. The second-order valence-corrected chi connectivity index (χ2v) is 6.38. The van der Waals surface area contributed by atoms with Crippen molar-refractivity contribution in [3.63, 3.8) is 0 Å². The molecule has 1 aliphatic heterocycles. The van der Waals surface area contributed by atoms with Crippen LogP contribution in [-0.2, 0) is 11.2 Å². The van der Waals surface area contributed by atoms with Crippen molar-refractivity contribution < 1.29 is 14.6 Å². The molecule has 0 radical (unpaired) electrons. The number of thioether (sulfide) groups is 1. The van der Waals surface area contributed by atoms with Gasteiger partial charge in [0.1, 0.15) is 17.6 Å². The lowest BCUT2D eigenvalue weighted by Gasteiger charge is -2.13. The van der Waals surface area contributed by atoms with Crippen molar-refractivity contribution in [1.82, 2.24) is 0 Å². The van der Waals surface area contributed by atoms with Crippen LogP contribution >= 0.6 is 11.8 Å². The third-order valence-corrected chi connectivity index (χ3v) is 4.65. The molecule has 104 valence electrons. The summed E-state index contributed by atoms with van der Waals surface area (Å²) in [6.45, 7) is 7.43. The lowest BCUT2D eigenvalue weighted by molar-refractivity contribution is -0.109. The Labute approximate surface area is 118 Å². The fourth-order valence-electron chi connectivity index (χ4n) is 2.51. The van der Waals surface area contributed by atoms with Crippen LogP contribution in [0.2, 0.25) is 0 Å². The van der Waals surface area contributed by atoms with Crippen molar-refractivity contribution in [3.8, 4) is 11.5 Å². The van der Waals surface area contributed by atoms with E-state index >= 15 is 0 Å². The summed E-state index contributed by atoms with van der Waals surface area (Å²) in [5, 5.41) is 10.2. The summed E-state index contributed by atoms with van der Waals surface area (Å²) in [4.78, 5) is 10.9. The molecule has 2 rings (SSSR count). The smallest absolute Gasteiger partial charge is 0.185 e. The Morgan fingerprint density at radius 3 is 2.63 bits per heavy atom. The standard InChI is InChI=1S/C15H20O3S/c1-8-9(2)15-13(10(3)14(8)17)7-12(18-15)5-6-19-11(4)16/h12,17H,5-7H2,1-4H3. The molecule has 1 aromatic carbocycles. The summed E-state index contributed by atoms with van der Waals surface area (Å²) < 4.78 is 6.00. The number of phenolic OH excluding ortho intramolecular Hbond substituents is 1. The van der Waals surface area contributed by atoms with Gasteiger partial charge in [0, 0.05) is 24.7 Å². The van der Waals surface area contributed by atoms with Crippen LogP contribution in [-0.4, -0.2) is 22.1 Å². The molecule has 1 unspecified atom stereocenters. The number of benzene rings is 1. The largest absolute Gasteiger partial charge is 0.507 e. The van der Waals surface area contributed by atoms with Gasteiger partial charge in [-0.1, -0.05) is 11.8 Å². The number of carbonyl (C=O) groups is 1. The van der Waals surface area contributed by atoms with Gasteiger partial charge in [0.05, 0.1) is 0 Å². The third kappa shape index (κ3) is 2.73. The van der Waals surface area contributed by atoms with Crippen LogP contribution in [0.25, 0.3) is 0 Å². The first-order valence-corrected chi connectivity index (χ1v) is 7.52. The van der Waals surface area contributed by atoms with E-state index in [1.165, 1.54) is 11.8 Å². The van der Waals surface area contributed by atoms with Crippen molar-refractivity contribution in [2.45, 2.75) is 46.6 Å². The molecule has 3 nitrogen and oxygen atoms in total. The highest BCUT2D eigenvalue weighted by Gasteiger charge is 2.28. The second-order valence-electron chi connectivity index (χ2n) is 5.10. The van der Waals surface area contributed by atoms with Crippen molar-refractivity contribution in [1.29, 1.82) is 0 Å². The molecule has 0 aliphatic carbocycles. The third-order valence-electron chi connectivity index (χ3n) is 3.80. The quantitative estimate of drug-likeness (QED) is 0.923. The summed E-state index contributed by atoms with van der Waals surface area (Å²) >= 11 is 1.34. The molecule has 19 heavy (non-hydrogen) atoms. The van der Waals surface area contributed by atoms with E-state index in [9.17, 15) is 9.90 Å². The van der Waals surface area contributed by atoms with Gasteiger partial charge >= 0.3 is 0 Å². The van der Waals surface area contributed by atoms with E-state index in [1.807, 2.05) is 20.8 Å². The first-order chi connectivity index (χ1) is 8.91. The highest BCUT2D eigenvalue weighted by atomic mass is 32.2. The molecule has 0 saturated carbocycles. The van der Waals surface area contributed by atoms with Gasteiger partial charge in [-0.3, -0.25) is 4.79 Å². The SMILES string of the molecule is CC(=O)SCCC1Cc2c(C)c(O)c(C)c(C)c2O1. The molecule has 4 heteroatoms. The van der Waals surface area contributed by atoms with Crippen LogP contribution in [0.15, 0.2) is 0 Å². The average molecular weight is 280 g/mol. The van der Waals surface area contributed by atoms with Gasteiger partial charge in [-0.15, -0.1) is 0 Å². The minimum Gasteiger partial charge on any atom is -0.507 e. The Morgan fingerprint density at radius 1 is 1.32 bits per heavy atom. The van der Waals surface area contributed by atoms with Crippen molar-refractivity contribution >= 4 is 16.9 Å². The van der Waals surface area contributed by atoms with Gasteiger partial charge in [0.2, 0.25) is 0 Å². The van der Waals surface area contributed by atoms with Crippen LogP contribution in [0, 0.1) is 20.8 Å². The minimum atomic E-state index is 0.125. The summed E-state index contributed by atoms with van der Waals surface area (Å²) in [5.41, 5.74) is 3.98. The Morgan fingerprint density at radius 2 is 2.00 bits per heavy atom. The predicted molar refractivity (Wildman–Crippen MR) is 78.2 cm³/mol. The first kappa shape index (κ1) is 14.3. The van der Waals surface area contributed by atoms with Crippen LogP contribution < -0.4 is 4.74 Å². The van der Waals surface area contributed by atoms with Crippen molar-refractivity contribution in [2.75, 3.05) is 5.75 Å². The maximum atomic E-state index is 10.9. The van der Waals surface area contributed by atoms with E-state index in [4.69, 9.17) is 4.74 Å². The van der Waals surface area contributed by atoms with Crippen molar-refractivity contribution in [3.05, 3.63) is 22.3 Å². The van der Waals surface area contributed by atoms with Gasteiger partial charge in [-0.25, -0.2) is 0 Å². The number of aromatic hydroxyl groups is 1.